The number of rotatable bonds is 8. The van der Waals surface area contributed by atoms with Crippen molar-refractivity contribution in [3.05, 3.63) is 91.3 Å². The molecule has 1 amide bonds. The number of aromatic nitrogens is 3. The molecule has 2 N–H and O–H groups in total. The average molecular weight is 521 g/mol. The van der Waals surface area contributed by atoms with E-state index in [2.05, 4.69) is 63.1 Å². The summed E-state index contributed by atoms with van der Waals surface area (Å²) in [6.07, 6.45) is 11.5. The molecule has 0 bridgehead atoms. The monoisotopic (exact) mass is 520 g/mol. The first-order valence-corrected chi connectivity index (χ1v) is 12.8. The zero-order valence-electron chi connectivity index (χ0n) is 22.4. The number of methoxy groups -OCH3 is 1. The van der Waals surface area contributed by atoms with Crippen LogP contribution in [0.25, 0.3) is 27.7 Å². The molecule has 8 nitrogen and oxygen atoms in total. The number of aryl methyl sites for hydroxylation is 1. The second kappa shape index (κ2) is 11.4. The van der Waals surface area contributed by atoms with Crippen LogP contribution in [0.5, 0.6) is 5.75 Å². The van der Waals surface area contributed by atoms with Crippen molar-refractivity contribution < 1.29 is 9.53 Å². The van der Waals surface area contributed by atoms with Crippen LogP contribution in [0.2, 0.25) is 0 Å². The Bertz CT molecular complexity index is 1600. The standard InChI is InChI=1S/C31H32N6O2/c1-5-6-11-30(38)33-26-19-27(29(39-4)18-23(26)21-13-16-36(2)17-14-21)35-31-32-15-12-25(34-31)24-20-37(3)28-10-8-7-9-22(24)28/h5-13,15,18-20H,1,14,16-17H2,2-4H3,(H,33,38)(H,32,34,35)/b11-6-. The van der Waals surface area contributed by atoms with E-state index in [1.54, 1.807) is 25.5 Å². The lowest BCUT2D eigenvalue weighted by molar-refractivity contribution is -0.111. The Hall–Kier alpha value is -4.69. The fourth-order valence-electron chi connectivity index (χ4n) is 4.80. The van der Waals surface area contributed by atoms with E-state index in [-0.39, 0.29) is 5.91 Å². The van der Waals surface area contributed by atoms with Gasteiger partial charge in [0.15, 0.2) is 0 Å². The van der Waals surface area contributed by atoms with Gasteiger partial charge in [0.05, 0.1) is 24.2 Å². The maximum absolute atomic E-state index is 12.6. The van der Waals surface area contributed by atoms with Crippen molar-refractivity contribution in [3.8, 4) is 17.0 Å². The number of nitrogens with one attached hydrogen (secondary N) is 2. The highest BCUT2D eigenvalue weighted by molar-refractivity contribution is 6.02. The molecule has 4 aromatic rings. The van der Waals surface area contributed by atoms with Gasteiger partial charge in [-0.15, -0.1) is 0 Å². The van der Waals surface area contributed by atoms with Crippen molar-refractivity contribution >= 4 is 39.7 Å². The molecule has 1 aliphatic rings. The van der Waals surface area contributed by atoms with Gasteiger partial charge >= 0.3 is 0 Å². The van der Waals surface area contributed by atoms with Crippen LogP contribution in [-0.2, 0) is 11.8 Å². The molecule has 0 saturated heterocycles. The van der Waals surface area contributed by atoms with Crippen LogP contribution in [0.1, 0.15) is 12.0 Å². The topological polar surface area (TPSA) is 84.3 Å². The van der Waals surface area contributed by atoms with Crippen molar-refractivity contribution in [1.29, 1.82) is 0 Å². The second-order valence-electron chi connectivity index (χ2n) is 9.49. The first-order valence-electron chi connectivity index (χ1n) is 12.8. The summed E-state index contributed by atoms with van der Waals surface area (Å²) in [5.74, 6) is 0.812. The third kappa shape index (κ3) is 5.61. The number of ether oxygens (including phenoxy) is 1. The number of fused-ring (bicyclic) bond motifs is 1. The normalized spacial score (nSPS) is 13.9. The molecule has 5 rings (SSSR count). The van der Waals surface area contributed by atoms with Gasteiger partial charge in [-0.05, 0) is 43.3 Å². The number of carbonyl (C=O) groups excluding carboxylic acids is 1. The smallest absolute Gasteiger partial charge is 0.248 e. The number of hydrogen-bond donors (Lipinski definition) is 2. The predicted molar refractivity (Wildman–Crippen MR) is 158 cm³/mol. The number of nitrogens with zero attached hydrogens (tertiary/aromatic N) is 4. The Labute approximate surface area is 228 Å². The summed E-state index contributed by atoms with van der Waals surface area (Å²) in [5.41, 5.74) is 6.38. The van der Waals surface area contributed by atoms with Crippen LogP contribution in [0.15, 0.2) is 85.7 Å². The molecule has 8 heteroatoms. The lowest BCUT2D eigenvalue weighted by Crippen LogP contribution is -2.24. The average Bonchev–Trinajstić information content (AvgIpc) is 3.29. The minimum Gasteiger partial charge on any atom is -0.495 e. The molecule has 3 heterocycles. The summed E-state index contributed by atoms with van der Waals surface area (Å²) < 4.78 is 7.86. The number of likely N-dealkylation sites (N-methyl/N-ethyl adjacent to an activating group) is 1. The van der Waals surface area contributed by atoms with Gasteiger partial charge in [-0.3, -0.25) is 4.79 Å². The molecule has 0 radical (unpaired) electrons. The van der Waals surface area contributed by atoms with Crippen LogP contribution < -0.4 is 15.4 Å². The van der Waals surface area contributed by atoms with E-state index in [4.69, 9.17) is 9.72 Å². The third-order valence-electron chi connectivity index (χ3n) is 6.81. The van der Waals surface area contributed by atoms with Gasteiger partial charge in [0.1, 0.15) is 5.75 Å². The zero-order chi connectivity index (χ0) is 27.4. The Balaban J connectivity index is 1.53. The molecule has 2 aromatic heterocycles. The number of anilines is 3. The van der Waals surface area contributed by atoms with Gasteiger partial charge in [-0.2, -0.15) is 0 Å². The highest BCUT2D eigenvalue weighted by Crippen LogP contribution is 2.38. The lowest BCUT2D eigenvalue weighted by Gasteiger charge is -2.24. The molecular weight excluding hydrogens is 488 g/mol. The number of hydrogen-bond acceptors (Lipinski definition) is 6. The SMILES string of the molecule is C=C/C=C\C(=O)Nc1cc(Nc2nccc(-c3cn(C)c4ccccc34)n2)c(OC)cc1C1=CCN(C)CC1. The summed E-state index contributed by atoms with van der Waals surface area (Å²) in [6, 6.07) is 14.0. The van der Waals surface area contributed by atoms with Crippen LogP contribution in [0.4, 0.5) is 17.3 Å². The summed E-state index contributed by atoms with van der Waals surface area (Å²) in [5, 5.41) is 7.46. The van der Waals surface area contributed by atoms with Crippen LogP contribution in [-0.4, -0.2) is 52.6 Å². The molecule has 2 aromatic carbocycles. The van der Waals surface area contributed by atoms with Gasteiger partial charge in [0.25, 0.3) is 0 Å². The Kier molecular flexibility index (Phi) is 7.56. The second-order valence-corrected chi connectivity index (χ2v) is 9.49. The van der Waals surface area contributed by atoms with Crippen LogP contribution in [0.3, 0.4) is 0 Å². The molecule has 39 heavy (non-hydrogen) atoms. The number of benzene rings is 2. The Morgan fingerprint density at radius 2 is 1.97 bits per heavy atom. The Morgan fingerprint density at radius 3 is 2.74 bits per heavy atom. The maximum Gasteiger partial charge on any atom is 0.248 e. The van der Waals surface area contributed by atoms with Crippen LogP contribution in [0, 0.1) is 0 Å². The van der Waals surface area contributed by atoms with E-state index in [0.717, 1.165) is 52.8 Å². The molecule has 0 unspecified atom stereocenters. The number of para-hydroxylation sites is 1. The quantitative estimate of drug-likeness (QED) is 0.226. The molecule has 0 aliphatic carbocycles. The van der Waals surface area contributed by atoms with E-state index in [9.17, 15) is 4.79 Å². The predicted octanol–water partition coefficient (Wildman–Crippen LogP) is 5.79. The van der Waals surface area contributed by atoms with E-state index >= 15 is 0 Å². The highest BCUT2D eigenvalue weighted by Gasteiger charge is 2.19. The molecule has 198 valence electrons. The zero-order valence-corrected chi connectivity index (χ0v) is 22.4. The van der Waals surface area contributed by atoms with Crippen molar-refractivity contribution in [2.45, 2.75) is 6.42 Å². The maximum atomic E-state index is 12.6. The number of amides is 1. The fourth-order valence-corrected chi connectivity index (χ4v) is 4.80. The fraction of sp³-hybridized carbons (Fsp3) is 0.194. The molecule has 0 fully saturated rings. The lowest BCUT2D eigenvalue weighted by atomic mass is 9.97. The summed E-state index contributed by atoms with van der Waals surface area (Å²) in [4.78, 5) is 24.2. The molecular formula is C31H32N6O2. The van der Waals surface area contributed by atoms with Gasteiger partial charge in [-0.1, -0.05) is 43.0 Å². The molecule has 0 saturated carbocycles. The molecule has 1 aliphatic heterocycles. The summed E-state index contributed by atoms with van der Waals surface area (Å²) in [7, 11) is 5.75. The van der Waals surface area contributed by atoms with Gasteiger partial charge in [0.2, 0.25) is 11.9 Å². The summed E-state index contributed by atoms with van der Waals surface area (Å²) in [6.45, 7) is 5.43. The van der Waals surface area contributed by atoms with Gasteiger partial charge < -0.3 is 24.8 Å². The highest BCUT2D eigenvalue weighted by atomic mass is 16.5. The number of allylic oxidation sites excluding steroid dienone is 2. The van der Waals surface area contributed by atoms with E-state index in [0.29, 0.717) is 23.1 Å². The van der Waals surface area contributed by atoms with Crippen molar-refractivity contribution in [3.63, 3.8) is 0 Å². The minimum atomic E-state index is -0.241. The van der Waals surface area contributed by atoms with Crippen molar-refractivity contribution in [2.24, 2.45) is 7.05 Å². The molecule has 0 spiro atoms. The molecule has 0 atom stereocenters. The summed E-state index contributed by atoms with van der Waals surface area (Å²) >= 11 is 0. The first kappa shape index (κ1) is 25.9. The first-order chi connectivity index (χ1) is 19.0. The van der Waals surface area contributed by atoms with Crippen molar-refractivity contribution in [2.75, 3.05) is 37.9 Å². The van der Waals surface area contributed by atoms with Gasteiger partial charge in [-0.25, -0.2) is 9.97 Å². The largest absolute Gasteiger partial charge is 0.495 e. The van der Waals surface area contributed by atoms with E-state index in [1.165, 1.54) is 6.08 Å². The third-order valence-corrected chi connectivity index (χ3v) is 6.81. The van der Waals surface area contributed by atoms with Crippen molar-refractivity contribution in [1.82, 2.24) is 19.4 Å². The minimum absolute atomic E-state index is 0.241. The number of carbonyl (C=O) groups is 1. The van der Waals surface area contributed by atoms with E-state index in [1.807, 2.05) is 37.4 Å². The van der Waals surface area contributed by atoms with Crippen LogP contribution >= 0.6 is 0 Å². The van der Waals surface area contributed by atoms with Gasteiger partial charge in [0, 0.05) is 60.6 Å². The Morgan fingerprint density at radius 1 is 1.13 bits per heavy atom. The van der Waals surface area contributed by atoms with E-state index < -0.39 is 0 Å².